The number of anilines is 2. The van der Waals surface area contributed by atoms with Gasteiger partial charge in [0, 0.05) is 17.7 Å². The van der Waals surface area contributed by atoms with E-state index in [4.69, 9.17) is 4.74 Å². The van der Waals surface area contributed by atoms with Gasteiger partial charge in [-0.25, -0.2) is 4.98 Å². The van der Waals surface area contributed by atoms with Gasteiger partial charge in [0.15, 0.2) is 5.13 Å². The fraction of sp³-hybridized carbons (Fsp3) is 0.250. The lowest BCUT2D eigenvalue weighted by Crippen LogP contribution is -2.11. The van der Waals surface area contributed by atoms with E-state index in [0.717, 1.165) is 16.6 Å². The van der Waals surface area contributed by atoms with Crippen LogP contribution in [0.15, 0.2) is 42.5 Å². The van der Waals surface area contributed by atoms with Crippen molar-refractivity contribution in [2.75, 3.05) is 17.2 Å². The molecule has 0 radical (unpaired) electrons. The van der Waals surface area contributed by atoms with Crippen molar-refractivity contribution >= 4 is 44.2 Å². The highest BCUT2D eigenvalue weighted by Gasteiger charge is 2.11. The number of carbonyl (C=O) groups is 2. The molecule has 6 nitrogen and oxygen atoms in total. The van der Waals surface area contributed by atoms with Crippen LogP contribution in [0.2, 0.25) is 0 Å². The van der Waals surface area contributed by atoms with Crippen molar-refractivity contribution in [3.8, 4) is 5.75 Å². The Morgan fingerprint density at radius 1 is 1.11 bits per heavy atom. The zero-order chi connectivity index (χ0) is 19.2. The van der Waals surface area contributed by atoms with Crippen molar-refractivity contribution in [3.05, 3.63) is 48.0 Å². The number of nitrogens with zero attached hydrogens (tertiary/aromatic N) is 1. The summed E-state index contributed by atoms with van der Waals surface area (Å²) < 4.78 is 6.33. The lowest BCUT2D eigenvalue weighted by molar-refractivity contribution is -0.116. The first-order valence-electron chi connectivity index (χ1n) is 8.83. The summed E-state index contributed by atoms with van der Waals surface area (Å²) in [6.45, 7) is 4.40. The predicted molar refractivity (Wildman–Crippen MR) is 109 cm³/mol. The summed E-state index contributed by atoms with van der Waals surface area (Å²) in [5, 5.41) is 6.26. The summed E-state index contributed by atoms with van der Waals surface area (Å²) in [4.78, 5) is 28.6. The van der Waals surface area contributed by atoms with Crippen molar-refractivity contribution in [1.29, 1.82) is 0 Å². The van der Waals surface area contributed by atoms with E-state index in [2.05, 4.69) is 15.6 Å². The number of aromatic nitrogens is 1. The first-order chi connectivity index (χ1) is 13.1. The van der Waals surface area contributed by atoms with E-state index in [9.17, 15) is 9.59 Å². The summed E-state index contributed by atoms with van der Waals surface area (Å²) in [7, 11) is 0. The van der Waals surface area contributed by atoms with Crippen LogP contribution in [0, 0.1) is 0 Å². The Labute approximate surface area is 161 Å². The van der Waals surface area contributed by atoms with Gasteiger partial charge in [-0.3, -0.25) is 9.59 Å². The Bertz CT molecular complexity index is 968. The Kier molecular flexibility index (Phi) is 6.03. The molecule has 140 valence electrons. The fourth-order valence-corrected chi connectivity index (χ4v) is 3.48. The number of rotatable bonds is 7. The lowest BCUT2D eigenvalue weighted by Gasteiger charge is -2.07. The van der Waals surface area contributed by atoms with Crippen molar-refractivity contribution < 1.29 is 14.3 Å². The van der Waals surface area contributed by atoms with E-state index in [0.29, 0.717) is 35.2 Å². The van der Waals surface area contributed by atoms with E-state index in [1.807, 2.05) is 32.0 Å². The van der Waals surface area contributed by atoms with E-state index in [1.54, 1.807) is 24.3 Å². The number of hydrogen-bond donors (Lipinski definition) is 2. The molecule has 0 unspecified atom stereocenters. The molecule has 0 saturated heterocycles. The number of carbonyl (C=O) groups excluding carboxylic acids is 2. The van der Waals surface area contributed by atoms with Crippen LogP contribution in [-0.2, 0) is 4.79 Å². The third-order valence-corrected chi connectivity index (χ3v) is 4.71. The first kappa shape index (κ1) is 18.8. The molecule has 3 aromatic rings. The minimum atomic E-state index is -0.211. The van der Waals surface area contributed by atoms with Gasteiger partial charge < -0.3 is 15.4 Å². The number of hydrogen-bond acceptors (Lipinski definition) is 5. The highest BCUT2D eigenvalue weighted by atomic mass is 32.1. The summed E-state index contributed by atoms with van der Waals surface area (Å²) in [5.41, 5.74) is 1.98. The monoisotopic (exact) mass is 383 g/mol. The van der Waals surface area contributed by atoms with Gasteiger partial charge in [-0.05, 0) is 49.7 Å². The Morgan fingerprint density at radius 3 is 2.74 bits per heavy atom. The highest BCUT2D eigenvalue weighted by molar-refractivity contribution is 7.22. The minimum Gasteiger partial charge on any atom is -0.494 e. The van der Waals surface area contributed by atoms with E-state index < -0.39 is 0 Å². The van der Waals surface area contributed by atoms with Gasteiger partial charge in [-0.2, -0.15) is 0 Å². The van der Waals surface area contributed by atoms with Crippen LogP contribution in [0.4, 0.5) is 10.8 Å². The van der Waals surface area contributed by atoms with Crippen LogP contribution in [0.3, 0.4) is 0 Å². The van der Waals surface area contributed by atoms with Crippen LogP contribution in [0.1, 0.15) is 37.0 Å². The summed E-state index contributed by atoms with van der Waals surface area (Å²) >= 11 is 1.38. The smallest absolute Gasteiger partial charge is 0.255 e. The number of nitrogens with one attached hydrogen (secondary N) is 2. The van der Waals surface area contributed by atoms with Gasteiger partial charge in [0.2, 0.25) is 5.91 Å². The van der Waals surface area contributed by atoms with Gasteiger partial charge >= 0.3 is 0 Å². The zero-order valence-corrected chi connectivity index (χ0v) is 16.1. The van der Waals surface area contributed by atoms with Crippen molar-refractivity contribution in [2.45, 2.75) is 26.7 Å². The molecule has 2 aromatic carbocycles. The predicted octanol–water partition coefficient (Wildman–Crippen LogP) is 4.69. The molecule has 0 aliphatic rings. The van der Waals surface area contributed by atoms with E-state index in [-0.39, 0.29) is 11.8 Å². The topological polar surface area (TPSA) is 80.3 Å². The third kappa shape index (κ3) is 4.83. The molecule has 0 bridgehead atoms. The number of thiazole rings is 1. The molecule has 0 aliphatic heterocycles. The maximum absolute atomic E-state index is 12.5. The molecule has 0 atom stereocenters. The summed E-state index contributed by atoms with van der Waals surface area (Å²) in [6.07, 6.45) is 1.26. The number of ether oxygens (including phenoxy) is 1. The Balaban J connectivity index is 1.74. The average Bonchev–Trinajstić information content (AvgIpc) is 3.03. The van der Waals surface area contributed by atoms with Crippen LogP contribution in [0.25, 0.3) is 10.2 Å². The largest absolute Gasteiger partial charge is 0.494 e. The second-order valence-electron chi connectivity index (χ2n) is 5.91. The molecule has 1 heterocycles. The number of benzene rings is 2. The molecule has 2 amide bonds. The fourth-order valence-electron chi connectivity index (χ4n) is 2.56. The van der Waals surface area contributed by atoms with Crippen molar-refractivity contribution in [3.63, 3.8) is 0 Å². The first-order valence-corrected chi connectivity index (χ1v) is 9.65. The molecular formula is C20H21N3O3S. The maximum atomic E-state index is 12.5. The Hall–Kier alpha value is -2.93. The molecule has 0 aliphatic carbocycles. The molecule has 0 saturated carbocycles. The number of fused-ring (bicyclic) bond motifs is 1. The second kappa shape index (κ2) is 8.64. The molecule has 3 rings (SSSR count). The van der Waals surface area contributed by atoms with Gasteiger partial charge in [0.25, 0.3) is 5.91 Å². The van der Waals surface area contributed by atoms with E-state index in [1.165, 1.54) is 11.3 Å². The molecular weight excluding hydrogens is 362 g/mol. The maximum Gasteiger partial charge on any atom is 0.255 e. The zero-order valence-electron chi connectivity index (χ0n) is 15.2. The van der Waals surface area contributed by atoms with Gasteiger partial charge in [0.1, 0.15) is 5.75 Å². The van der Waals surface area contributed by atoms with Crippen LogP contribution in [-0.4, -0.2) is 23.4 Å². The summed E-state index contributed by atoms with van der Waals surface area (Å²) in [6, 6.07) is 12.5. The van der Waals surface area contributed by atoms with E-state index >= 15 is 0 Å². The average molecular weight is 383 g/mol. The minimum absolute atomic E-state index is 0.0423. The molecule has 1 aromatic heterocycles. The molecule has 27 heavy (non-hydrogen) atoms. The lowest BCUT2D eigenvalue weighted by atomic mass is 10.2. The normalized spacial score (nSPS) is 10.6. The quantitative estimate of drug-likeness (QED) is 0.620. The highest BCUT2D eigenvalue weighted by Crippen LogP contribution is 2.29. The van der Waals surface area contributed by atoms with Crippen LogP contribution >= 0.6 is 11.3 Å². The van der Waals surface area contributed by atoms with Crippen molar-refractivity contribution in [1.82, 2.24) is 4.98 Å². The SMILES string of the molecule is CCCC(=O)Nc1nc2ccc(NC(=O)c3cccc(OCC)c3)cc2s1. The third-order valence-electron chi connectivity index (χ3n) is 3.78. The standard InChI is InChI=1S/C20H21N3O3S/c1-3-6-18(24)23-20-22-16-10-9-14(12-17(16)27-20)21-19(25)13-7-5-8-15(11-13)26-4-2/h5,7-12H,3-4,6H2,1-2H3,(H,21,25)(H,22,23,24). The van der Waals surface area contributed by atoms with Gasteiger partial charge in [0.05, 0.1) is 16.8 Å². The van der Waals surface area contributed by atoms with Gasteiger partial charge in [-0.15, -0.1) is 0 Å². The van der Waals surface area contributed by atoms with Gasteiger partial charge in [-0.1, -0.05) is 24.3 Å². The van der Waals surface area contributed by atoms with Crippen LogP contribution < -0.4 is 15.4 Å². The summed E-state index contributed by atoms with van der Waals surface area (Å²) in [5.74, 6) is 0.409. The molecule has 7 heteroatoms. The Morgan fingerprint density at radius 2 is 1.96 bits per heavy atom. The molecule has 0 spiro atoms. The van der Waals surface area contributed by atoms with Crippen molar-refractivity contribution in [2.24, 2.45) is 0 Å². The second-order valence-corrected chi connectivity index (χ2v) is 6.95. The molecule has 2 N–H and O–H groups in total. The van der Waals surface area contributed by atoms with Crippen LogP contribution in [0.5, 0.6) is 5.75 Å². The molecule has 0 fully saturated rings. The number of amides is 2.